The minimum Gasteiger partial charge on any atom is -0.393 e. The lowest BCUT2D eigenvalue weighted by Gasteiger charge is -2.25. The summed E-state index contributed by atoms with van der Waals surface area (Å²) < 4.78 is 5.13. The lowest BCUT2D eigenvalue weighted by Crippen LogP contribution is -2.29. The van der Waals surface area contributed by atoms with Gasteiger partial charge in [-0.15, -0.1) is 11.8 Å². The van der Waals surface area contributed by atoms with Gasteiger partial charge in [0.05, 0.1) is 24.6 Å². The fraction of sp³-hybridized carbons (Fsp3) is 0.500. The van der Waals surface area contributed by atoms with E-state index in [-0.39, 0.29) is 6.10 Å². The Morgan fingerprint density at radius 3 is 2.53 bits per heavy atom. The molecule has 0 aromatic heterocycles. The van der Waals surface area contributed by atoms with Gasteiger partial charge in [-0.25, -0.2) is 0 Å². The normalized spacial score (nSPS) is 18.5. The summed E-state index contributed by atoms with van der Waals surface area (Å²) in [7, 11) is 0. The Balaban J connectivity index is 1.91. The topological polar surface area (TPSA) is 29.5 Å². The maximum Gasteiger partial charge on any atom is 0.0611 e. The van der Waals surface area contributed by atoms with Crippen LogP contribution in [-0.4, -0.2) is 29.7 Å². The van der Waals surface area contributed by atoms with Gasteiger partial charge in [-0.2, -0.15) is 0 Å². The molecule has 1 aliphatic rings. The van der Waals surface area contributed by atoms with Crippen molar-refractivity contribution in [3.8, 4) is 0 Å². The summed E-state index contributed by atoms with van der Waals surface area (Å²) in [5.41, 5.74) is 1.19. The number of aliphatic hydroxyl groups is 1. The summed E-state index contributed by atoms with van der Waals surface area (Å²) in [5, 5.41) is 9.88. The highest BCUT2D eigenvalue weighted by atomic mass is 32.2. The van der Waals surface area contributed by atoms with Crippen LogP contribution in [-0.2, 0) is 11.2 Å². The third kappa shape index (κ3) is 3.23. The van der Waals surface area contributed by atoms with E-state index in [0.29, 0.717) is 5.25 Å². The van der Waals surface area contributed by atoms with Crippen LogP contribution < -0.4 is 0 Å². The van der Waals surface area contributed by atoms with E-state index in [1.165, 1.54) is 10.5 Å². The maximum atomic E-state index is 9.25. The van der Waals surface area contributed by atoms with Gasteiger partial charge in [0.25, 0.3) is 0 Å². The highest BCUT2D eigenvalue weighted by Gasteiger charge is 2.19. The average molecular weight is 224 g/mol. The highest BCUT2D eigenvalue weighted by Crippen LogP contribution is 2.28. The first-order chi connectivity index (χ1) is 7.24. The molecule has 0 aliphatic carbocycles. The third-order valence-corrected chi connectivity index (χ3v) is 3.51. The molecule has 2 rings (SSSR count). The second-order valence-corrected chi connectivity index (χ2v) is 5.35. The lowest BCUT2D eigenvalue weighted by molar-refractivity contribution is 0.0455. The standard InChI is InChI=1S/C12H16O2S/c1-9(13)6-10-2-4-11(5-3-10)15-12-7-14-8-12/h2-5,9,12-13H,6-8H2,1H3. The van der Waals surface area contributed by atoms with Gasteiger partial charge in [-0.3, -0.25) is 0 Å². The lowest BCUT2D eigenvalue weighted by atomic mass is 10.1. The minimum atomic E-state index is -0.261. The van der Waals surface area contributed by atoms with Crippen molar-refractivity contribution in [1.29, 1.82) is 0 Å². The van der Waals surface area contributed by atoms with Crippen molar-refractivity contribution in [3.05, 3.63) is 29.8 Å². The van der Waals surface area contributed by atoms with Crippen LogP contribution in [0.4, 0.5) is 0 Å². The first-order valence-corrected chi connectivity index (χ1v) is 6.13. The molecule has 0 amide bonds. The molecule has 1 atom stereocenters. The van der Waals surface area contributed by atoms with E-state index >= 15 is 0 Å². The third-order valence-electron chi connectivity index (χ3n) is 2.36. The molecule has 0 radical (unpaired) electrons. The second kappa shape index (κ2) is 5.01. The van der Waals surface area contributed by atoms with Crippen LogP contribution in [0.3, 0.4) is 0 Å². The van der Waals surface area contributed by atoms with Crippen LogP contribution in [0.1, 0.15) is 12.5 Å². The van der Waals surface area contributed by atoms with Crippen molar-refractivity contribution >= 4 is 11.8 Å². The number of ether oxygens (including phenoxy) is 1. The van der Waals surface area contributed by atoms with Crippen molar-refractivity contribution in [3.63, 3.8) is 0 Å². The summed E-state index contributed by atoms with van der Waals surface area (Å²) in [6, 6.07) is 8.44. The van der Waals surface area contributed by atoms with E-state index in [0.717, 1.165) is 19.6 Å². The molecule has 82 valence electrons. The number of hydrogen-bond acceptors (Lipinski definition) is 3. The molecule has 15 heavy (non-hydrogen) atoms. The molecule has 1 aromatic rings. The zero-order valence-electron chi connectivity index (χ0n) is 8.85. The van der Waals surface area contributed by atoms with Crippen LogP contribution in [0.15, 0.2) is 29.2 Å². The molecular formula is C12H16O2S. The summed E-state index contributed by atoms with van der Waals surface area (Å²) in [6.07, 6.45) is 0.473. The molecule has 1 N–H and O–H groups in total. The van der Waals surface area contributed by atoms with E-state index in [4.69, 9.17) is 4.74 Å². The van der Waals surface area contributed by atoms with E-state index in [1.807, 2.05) is 18.7 Å². The van der Waals surface area contributed by atoms with Crippen molar-refractivity contribution in [1.82, 2.24) is 0 Å². The number of hydrogen-bond donors (Lipinski definition) is 1. The molecule has 1 fully saturated rings. The molecular weight excluding hydrogens is 208 g/mol. The van der Waals surface area contributed by atoms with Crippen molar-refractivity contribution < 1.29 is 9.84 Å². The van der Waals surface area contributed by atoms with Gasteiger partial charge in [0.2, 0.25) is 0 Å². The van der Waals surface area contributed by atoms with Crippen molar-refractivity contribution in [2.24, 2.45) is 0 Å². The van der Waals surface area contributed by atoms with Crippen molar-refractivity contribution in [2.45, 2.75) is 29.6 Å². The fourth-order valence-corrected chi connectivity index (χ4v) is 2.53. The smallest absolute Gasteiger partial charge is 0.0611 e. The summed E-state index contributed by atoms with van der Waals surface area (Å²) in [4.78, 5) is 1.29. The Kier molecular flexibility index (Phi) is 3.67. The van der Waals surface area contributed by atoms with Crippen LogP contribution in [0.2, 0.25) is 0 Å². The Morgan fingerprint density at radius 2 is 2.07 bits per heavy atom. The fourth-order valence-electron chi connectivity index (χ4n) is 1.52. The number of rotatable bonds is 4. The first kappa shape index (κ1) is 11.0. The van der Waals surface area contributed by atoms with E-state index in [9.17, 15) is 5.11 Å². The van der Waals surface area contributed by atoms with Gasteiger partial charge < -0.3 is 9.84 Å². The van der Waals surface area contributed by atoms with Crippen LogP contribution >= 0.6 is 11.8 Å². The Bertz CT molecular complexity index is 304. The van der Waals surface area contributed by atoms with E-state index in [1.54, 1.807) is 0 Å². The average Bonchev–Trinajstić information content (AvgIpc) is 2.13. The van der Waals surface area contributed by atoms with Gasteiger partial charge in [0, 0.05) is 4.90 Å². The molecule has 0 spiro atoms. The van der Waals surface area contributed by atoms with Crippen LogP contribution in [0.25, 0.3) is 0 Å². The highest BCUT2D eigenvalue weighted by molar-refractivity contribution is 8.00. The number of thioether (sulfide) groups is 1. The molecule has 3 heteroatoms. The predicted octanol–water partition coefficient (Wildman–Crippen LogP) is 2.10. The van der Waals surface area contributed by atoms with Gasteiger partial charge in [0.1, 0.15) is 0 Å². The summed E-state index contributed by atoms with van der Waals surface area (Å²) in [5.74, 6) is 0. The molecule has 1 saturated heterocycles. The first-order valence-electron chi connectivity index (χ1n) is 5.25. The maximum absolute atomic E-state index is 9.25. The summed E-state index contributed by atoms with van der Waals surface area (Å²) in [6.45, 7) is 3.56. The van der Waals surface area contributed by atoms with E-state index < -0.39 is 0 Å². The Labute approximate surface area is 94.6 Å². The van der Waals surface area contributed by atoms with Crippen LogP contribution in [0.5, 0.6) is 0 Å². The molecule has 0 bridgehead atoms. The Morgan fingerprint density at radius 1 is 1.40 bits per heavy atom. The number of aliphatic hydroxyl groups excluding tert-OH is 1. The summed E-state index contributed by atoms with van der Waals surface area (Å²) >= 11 is 1.87. The molecule has 0 saturated carbocycles. The second-order valence-electron chi connectivity index (χ2n) is 3.97. The van der Waals surface area contributed by atoms with Gasteiger partial charge >= 0.3 is 0 Å². The van der Waals surface area contributed by atoms with Crippen molar-refractivity contribution in [2.75, 3.05) is 13.2 Å². The monoisotopic (exact) mass is 224 g/mol. The largest absolute Gasteiger partial charge is 0.393 e. The molecule has 1 aromatic carbocycles. The van der Waals surface area contributed by atoms with Gasteiger partial charge in [-0.1, -0.05) is 12.1 Å². The predicted molar refractivity (Wildman–Crippen MR) is 62.3 cm³/mol. The number of benzene rings is 1. The minimum absolute atomic E-state index is 0.261. The molecule has 1 unspecified atom stereocenters. The van der Waals surface area contributed by atoms with E-state index in [2.05, 4.69) is 24.3 Å². The molecule has 1 aliphatic heterocycles. The quantitative estimate of drug-likeness (QED) is 0.849. The zero-order chi connectivity index (χ0) is 10.7. The SMILES string of the molecule is CC(O)Cc1ccc(SC2COC2)cc1. The molecule has 2 nitrogen and oxygen atoms in total. The zero-order valence-corrected chi connectivity index (χ0v) is 9.67. The molecule has 1 heterocycles. The van der Waals surface area contributed by atoms with Crippen LogP contribution in [0, 0.1) is 0 Å². The van der Waals surface area contributed by atoms with Gasteiger partial charge in [-0.05, 0) is 31.0 Å². The van der Waals surface area contributed by atoms with Gasteiger partial charge in [0.15, 0.2) is 0 Å². The Hall–Kier alpha value is -0.510.